The van der Waals surface area contributed by atoms with E-state index in [-0.39, 0.29) is 5.41 Å². The van der Waals surface area contributed by atoms with Gasteiger partial charge in [0.1, 0.15) is 0 Å². The van der Waals surface area contributed by atoms with Gasteiger partial charge in [-0.25, -0.2) is 0 Å². The molecule has 2 aromatic rings. The van der Waals surface area contributed by atoms with Crippen LogP contribution in [0.25, 0.3) is 0 Å². The highest BCUT2D eigenvalue weighted by atomic mass is 14.4. The van der Waals surface area contributed by atoms with Gasteiger partial charge in [0.05, 0.1) is 0 Å². The number of rotatable bonds is 2. The Morgan fingerprint density at radius 3 is 1.15 bits per heavy atom. The number of hydrogen-bond acceptors (Lipinski definition) is 0. The molecule has 2 rings (SSSR count). The summed E-state index contributed by atoms with van der Waals surface area (Å²) >= 11 is 0. The Morgan fingerprint density at radius 2 is 0.889 bits per heavy atom. The van der Waals surface area contributed by atoms with Gasteiger partial charge in [0, 0.05) is 0 Å². The van der Waals surface area contributed by atoms with E-state index in [0.29, 0.717) is 16.7 Å². The molecule has 0 saturated heterocycles. The van der Waals surface area contributed by atoms with Crippen molar-refractivity contribution in [3.8, 4) is 0 Å². The van der Waals surface area contributed by atoms with E-state index in [1.807, 2.05) is 6.07 Å². The molecule has 0 heteroatoms. The minimum Gasteiger partial charge on any atom is -0.0622 e. The van der Waals surface area contributed by atoms with Crippen LogP contribution in [0.2, 0.25) is 0 Å². The molecule has 152 valence electrons. The molecule has 0 aromatic heterocycles. The number of benzene rings is 2. The molecule has 0 aliphatic heterocycles. The molecule has 0 heterocycles. The smallest absolute Gasteiger partial charge is 0.00551 e. The molecular weight excluding hydrogens is 324 g/mol. The Labute approximate surface area is 170 Å². The molecule has 27 heavy (non-hydrogen) atoms. The minimum atomic E-state index is 0.230. The minimum absolute atomic E-state index is 0.230. The summed E-state index contributed by atoms with van der Waals surface area (Å²) in [6, 6.07) is 21.2. The van der Waals surface area contributed by atoms with Crippen LogP contribution in [0.3, 0.4) is 0 Å². The van der Waals surface area contributed by atoms with E-state index in [4.69, 9.17) is 0 Å². The summed E-state index contributed by atoms with van der Waals surface area (Å²) in [7, 11) is 0. The highest BCUT2D eigenvalue weighted by Gasteiger charge is 2.33. The molecule has 2 aromatic carbocycles. The zero-order valence-corrected chi connectivity index (χ0v) is 19.9. The topological polar surface area (TPSA) is 0 Å². The molecule has 0 fully saturated rings. The normalized spacial score (nSPS) is 11.9. The van der Waals surface area contributed by atoms with Gasteiger partial charge >= 0.3 is 0 Å². The van der Waals surface area contributed by atoms with Gasteiger partial charge in [-0.15, -0.1) is 0 Å². The molecule has 0 spiro atoms. The predicted octanol–water partition coefficient (Wildman–Crippen LogP) is 8.87. The first-order chi connectivity index (χ1) is 12.2. The fourth-order valence-corrected chi connectivity index (χ4v) is 2.13. The fraction of sp³-hybridized carbons (Fsp3) is 0.556. The van der Waals surface area contributed by atoms with E-state index in [0.717, 1.165) is 0 Å². The van der Waals surface area contributed by atoms with Crippen molar-refractivity contribution in [3.63, 3.8) is 0 Å². The summed E-state index contributed by atoms with van der Waals surface area (Å²) in [5, 5.41) is 0. The Balaban J connectivity index is 0.000000419. The van der Waals surface area contributed by atoms with Crippen LogP contribution in [0.4, 0.5) is 0 Å². The second-order valence-electron chi connectivity index (χ2n) is 10.8. The summed E-state index contributed by atoms with van der Waals surface area (Å²) in [4.78, 5) is 0. The largest absolute Gasteiger partial charge is 0.0622 e. The zero-order valence-electron chi connectivity index (χ0n) is 19.9. The first-order valence-electron chi connectivity index (χ1n) is 10.3. The summed E-state index contributed by atoms with van der Waals surface area (Å²) in [6.45, 7) is 24.6. The van der Waals surface area contributed by atoms with Gasteiger partial charge in [-0.1, -0.05) is 137 Å². The summed E-state index contributed by atoms with van der Waals surface area (Å²) < 4.78 is 0. The summed E-state index contributed by atoms with van der Waals surface area (Å²) in [5.74, 6) is 0.659. The average molecular weight is 369 g/mol. The van der Waals surface area contributed by atoms with Crippen LogP contribution in [0, 0.1) is 10.8 Å². The van der Waals surface area contributed by atoms with Crippen molar-refractivity contribution in [2.45, 2.75) is 87.5 Å². The Kier molecular flexibility index (Phi) is 10.1. The lowest BCUT2D eigenvalue weighted by Crippen LogP contribution is -2.33. The van der Waals surface area contributed by atoms with Gasteiger partial charge in [-0.2, -0.15) is 0 Å². The lowest BCUT2D eigenvalue weighted by atomic mass is 9.65. The van der Waals surface area contributed by atoms with Crippen molar-refractivity contribution in [2.24, 2.45) is 10.8 Å². The molecular formula is C27H44. The van der Waals surface area contributed by atoms with Crippen LogP contribution in [0.5, 0.6) is 0 Å². The van der Waals surface area contributed by atoms with Gasteiger partial charge < -0.3 is 0 Å². The van der Waals surface area contributed by atoms with E-state index in [9.17, 15) is 0 Å². The van der Waals surface area contributed by atoms with Crippen LogP contribution in [0.1, 0.15) is 93.2 Å². The quantitative estimate of drug-likeness (QED) is 0.496. The molecule has 0 saturated carbocycles. The van der Waals surface area contributed by atoms with Crippen molar-refractivity contribution in [2.75, 3.05) is 0 Å². The molecule has 0 unspecified atom stereocenters. The third-order valence-corrected chi connectivity index (χ3v) is 4.84. The van der Waals surface area contributed by atoms with Crippen LogP contribution in [-0.2, 0) is 5.41 Å². The second kappa shape index (κ2) is 10.7. The van der Waals surface area contributed by atoms with Gasteiger partial charge in [-0.3, -0.25) is 0 Å². The van der Waals surface area contributed by atoms with E-state index in [1.54, 1.807) is 0 Å². The van der Waals surface area contributed by atoms with Crippen molar-refractivity contribution in [1.29, 1.82) is 0 Å². The highest BCUT2D eigenvalue weighted by molar-refractivity contribution is 5.25. The fourth-order valence-electron chi connectivity index (χ4n) is 2.13. The van der Waals surface area contributed by atoms with Crippen LogP contribution < -0.4 is 0 Å². The molecule has 0 radical (unpaired) electrons. The van der Waals surface area contributed by atoms with Crippen LogP contribution in [0.15, 0.2) is 60.7 Å². The Bertz CT molecular complexity index is 599. The number of hydrogen-bond donors (Lipinski definition) is 0. The lowest BCUT2D eigenvalue weighted by Gasteiger charge is -2.39. The predicted molar refractivity (Wildman–Crippen MR) is 125 cm³/mol. The van der Waals surface area contributed by atoms with Crippen LogP contribution in [-0.4, -0.2) is 0 Å². The molecule has 0 N–H and O–H groups in total. The molecule has 0 amide bonds. The first kappa shape index (κ1) is 25.4. The monoisotopic (exact) mass is 368 g/mol. The molecule has 0 atom stereocenters. The third-order valence-electron chi connectivity index (χ3n) is 4.84. The molecule has 0 nitrogen and oxygen atoms in total. The highest BCUT2D eigenvalue weighted by Crippen LogP contribution is 2.40. The Hall–Kier alpha value is -1.56. The summed E-state index contributed by atoms with van der Waals surface area (Å²) in [6.07, 6.45) is 0. The Morgan fingerprint density at radius 1 is 0.556 bits per heavy atom. The van der Waals surface area contributed by atoms with E-state index >= 15 is 0 Å². The van der Waals surface area contributed by atoms with E-state index < -0.39 is 0 Å². The summed E-state index contributed by atoms with van der Waals surface area (Å²) in [5.41, 5.74) is 3.86. The van der Waals surface area contributed by atoms with Gasteiger partial charge in [0.25, 0.3) is 0 Å². The maximum Gasteiger partial charge on any atom is -0.00551 e. The zero-order chi connectivity index (χ0) is 21.3. The first-order valence-corrected chi connectivity index (χ1v) is 10.3. The standard InChI is InChI=1S/C13H20.C9H12.C5H12/c1-12(2,3)13(4,5)11-9-7-6-8-10-11;1-8(2)9-6-4-3-5-7-9;1-5(2,3)4/h6-10H,1-5H3;3-8H,1-2H3;1-4H3. The van der Waals surface area contributed by atoms with E-state index in [1.165, 1.54) is 11.1 Å². The van der Waals surface area contributed by atoms with Crippen molar-refractivity contribution >= 4 is 0 Å². The van der Waals surface area contributed by atoms with Crippen molar-refractivity contribution < 1.29 is 0 Å². The van der Waals surface area contributed by atoms with Crippen LogP contribution >= 0.6 is 0 Å². The van der Waals surface area contributed by atoms with Crippen molar-refractivity contribution in [1.82, 2.24) is 0 Å². The SMILES string of the molecule is CC(C)(C)C.CC(C)(C)C(C)(C)c1ccccc1.CC(C)c1ccccc1. The van der Waals surface area contributed by atoms with Gasteiger partial charge in [0.2, 0.25) is 0 Å². The molecule has 0 bridgehead atoms. The van der Waals surface area contributed by atoms with E-state index in [2.05, 4.69) is 131 Å². The van der Waals surface area contributed by atoms with Gasteiger partial charge in [0.15, 0.2) is 0 Å². The second-order valence-corrected chi connectivity index (χ2v) is 10.8. The van der Waals surface area contributed by atoms with Crippen molar-refractivity contribution in [3.05, 3.63) is 71.8 Å². The lowest BCUT2D eigenvalue weighted by molar-refractivity contribution is 0.225. The molecule has 0 aliphatic carbocycles. The maximum absolute atomic E-state index is 2.31. The third kappa shape index (κ3) is 11.0. The van der Waals surface area contributed by atoms with Gasteiger partial charge in [-0.05, 0) is 33.3 Å². The molecule has 0 aliphatic rings. The maximum atomic E-state index is 2.31. The average Bonchev–Trinajstić information content (AvgIpc) is 2.54.